The molecule has 0 saturated carbocycles. The number of amides is 1. The lowest BCUT2D eigenvalue weighted by Gasteiger charge is -2.11. The smallest absolute Gasteiger partial charge is 0.252 e. The molecule has 78 valence electrons. The Bertz CT molecular complexity index is 383. The summed E-state index contributed by atoms with van der Waals surface area (Å²) in [5.41, 5.74) is 7.45. The first-order chi connectivity index (χ1) is 7.31. The summed E-state index contributed by atoms with van der Waals surface area (Å²) < 4.78 is 0. The van der Waals surface area contributed by atoms with E-state index in [0.29, 0.717) is 13.0 Å². The molecular formula is C11H13N3O. The summed E-state index contributed by atoms with van der Waals surface area (Å²) in [4.78, 5) is 11.4. The number of carbonyl (C=O) groups excluding carboxylic acids is 1. The van der Waals surface area contributed by atoms with Crippen LogP contribution in [0.2, 0.25) is 0 Å². The van der Waals surface area contributed by atoms with E-state index in [2.05, 4.69) is 5.10 Å². The van der Waals surface area contributed by atoms with Crippen molar-refractivity contribution in [3.63, 3.8) is 0 Å². The molecule has 0 spiro atoms. The van der Waals surface area contributed by atoms with Gasteiger partial charge in [-0.15, -0.1) is 0 Å². The highest BCUT2D eigenvalue weighted by molar-refractivity contribution is 6.05. The highest BCUT2D eigenvalue weighted by atomic mass is 16.2. The molecule has 1 aromatic carbocycles. The first kappa shape index (κ1) is 9.86. The highest BCUT2D eigenvalue weighted by Crippen LogP contribution is 2.18. The molecule has 0 bridgehead atoms. The van der Waals surface area contributed by atoms with E-state index in [-0.39, 0.29) is 5.91 Å². The van der Waals surface area contributed by atoms with Crippen molar-refractivity contribution in [2.75, 3.05) is 11.6 Å². The number of hydrogen-bond acceptors (Lipinski definition) is 3. The monoisotopic (exact) mass is 203 g/mol. The maximum absolute atomic E-state index is 11.4. The van der Waals surface area contributed by atoms with E-state index in [1.807, 2.05) is 24.3 Å². The first-order valence-corrected chi connectivity index (χ1v) is 4.95. The van der Waals surface area contributed by atoms with Gasteiger partial charge in [0.05, 0.1) is 12.1 Å². The van der Waals surface area contributed by atoms with Crippen LogP contribution in [0.4, 0.5) is 5.69 Å². The van der Waals surface area contributed by atoms with E-state index in [1.165, 1.54) is 10.6 Å². The van der Waals surface area contributed by atoms with Crippen molar-refractivity contribution in [1.82, 2.24) is 0 Å². The van der Waals surface area contributed by atoms with Crippen molar-refractivity contribution < 1.29 is 4.79 Å². The second-order valence-electron chi connectivity index (χ2n) is 3.41. The van der Waals surface area contributed by atoms with Gasteiger partial charge in [0.1, 0.15) is 0 Å². The molecule has 2 N–H and O–H groups in total. The van der Waals surface area contributed by atoms with Crippen LogP contribution in [-0.2, 0) is 11.2 Å². The van der Waals surface area contributed by atoms with Crippen LogP contribution in [0.25, 0.3) is 0 Å². The maximum Gasteiger partial charge on any atom is 0.252 e. The topological polar surface area (TPSA) is 58.7 Å². The molecule has 4 nitrogen and oxygen atoms in total. The van der Waals surface area contributed by atoms with Gasteiger partial charge < -0.3 is 5.73 Å². The van der Waals surface area contributed by atoms with Crippen LogP contribution >= 0.6 is 0 Å². The highest BCUT2D eigenvalue weighted by Gasteiger charge is 2.17. The molecule has 1 aliphatic heterocycles. The number of nitrogens with two attached hydrogens (primary N) is 1. The van der Waals surface area contributed by atoms with Gasteiger partial charge in [-0.3, -0.25) is 4.79 Å². The largest absolute Gasteiger partial charge is 0.330 e. The Morgan fingerprint density at radius 2 is 2.07 bits per heavy atom. The number of rotatable bonds is 3. The Balaban J connectivity index is 2.16. The number of hydrazone groups is 1. The van der Waals surface area contributed by atoms with Gasteiger partial charge in [0.25, 0.3) is 5.91 Å². The van der Waals surface area contributed by atoms with Crippen LogP contribution in [0.3, 0.4) is 0 Å². The molecule has 0 radical (unpaired) electrons. The maximum atomic E-state index is 11.4. The van der Waals surface area contributed by atoms with E-state index in [4.69, 9.17) is 5.73 Å². The lowest BCUT2D eigenvalue weighted by Crippen LogP contribution is -2.19. The van der Waals surface area contributed by atoms with Crippen molar-refractivity contribution in [3.05, 3.63) is 29.8 Å². The van der Waals surface area contributed by atoms with Crippen LogP contribution in [0.1, 0.15) is 12.0 Å². The van der Waals surface area contributed by atoms with Gasteiger partial charge in [-0.25, -0.2) is 5.01 Å². The molecule has 0 aliphatic carbocycles. The standard InChI is InChI=1S/C11H13N3O/c12-7-5-9-1-3-10(4-2-9)14-11(15)6-8-13-14/h1-4,8H,5-7,12H2. The summed E-state index contributed by atoms with van der Waals surface area (Å²) in [6, 6.07) is 7.74. The Morgan fingerprint density at radius 3 is 2.60 bits per heavy atom. The summed E-state index contributed by atoms with van der Waals surface area (Å²) in [5, 5.41) is 5.42. The Kier molecular flexibility index (Phi) is 2.78. The third-order valence-corrected chi connectivity index (χ3v) is 2.31. The quantitative estimate of drug-likeness (QED) is 0.793. The van der Waals surface area contributed by atoms with Crippen LogP contribution in [-0.4, -0.2) is 18.7 Å². The minimum Gasteiger partial charge on any atom is -0.330 e. The van der Waals surface area contributed by atoms with E-state index < -0.39 is 0 Å². The van der Waals surface area contributed by atoms with Crippen molar-refractivity contribution in [3.8, 4) is 0 Å². The van der Waals surface area contributed by atoms with Crippen LogP contribution in [0.15, 0.2) is 29.4 Å². The molecule has 1 aliphatic rings. The molecule has 2 rings (SSSR count). The molecule has 1 aromatic rings. The number of anilines is 1. The summed E-state index contributed by atoms with van der Waals surface area (Å²) in [5.74, 6) is 0.0153. The van der Waals surface area contributed by atoms with Crippen LogP contribution in [0.5, 0.6) is 0 Å². The molecule has 0 atom stereocenters. The predicted molar refractivity (Wildman–Crippen MR) is 59.8 cm³/mol. The van der Waals surface area contributed by atoms with Crippen molar-refractivity contribution >= 4 is 17.8 Å². The Hall–Kier alpha value is -1.68. The van der Waals surface area contributed by atoms with Gasteiger partial charge in [-0.2, -0.15) is 5.10 Å². The van der Waals surface area contributed by atoms with Gasteiger partial charge in [-0.05, 0) is 30.7 Å². The number of carbonyl (C=O) groups is 1. The molecule has 0 saturated heterocycles. The Labute approximate surface area is 88.4 Å². The van der Waals surface area contributed by atoms with Crippen LogP contribution < -0.4 is 10.7 Å². The fraction of sp³-hybridized carbons (Fsp3) is 0.273. The molecule has 0 fully saturated rings. The van der Waals surface area contributed by atoms with Gasteiger partial charge >= 0.3 is 0 Å². The molecule has 1 heterocycles. The Morgan fingerprint density at radius 1 is 1.33 bits per heavy atom. The summed E-state index contributed by atoms with van der Waals surface area (Å²) >= 11 is 0. The summed E-state index contributed by atoms with van der Waals surface area (Å²) in [7, 11) is 0. The van der Waals surface area contributed by atoms with E-state index in [9.17, 15) is 4.79 Å². The average molecular weight is 203 g/mol. The van der Waals surface area contributed by atoms with Gasteiger partial charge in [0, 0.05) is 6.21 Å². The molecular weight excluding hydrogens is 190 g/mol. The zero-order valence-corrected chi connectivity index (χ0v) is 8.39. The number of hydrogen-bond donors (Lipinski definition) is 1. The van der Waals surface area contributed by atoms with E-state index >= 15 is 0 Å². The van der Waals surface area contributed by atoms with Crippen molar-refractivity contribution in [1.29, 1.82) is 0 Å². The fourth-order valence-electron chi connectivity index (χ4n) is 1.53. The predicted octanol–water partition coefficient (Wildman–Crippen LogP) is 0.910. The molecule has 0 unspecified atom stereocenters. The number of benzene rings is 1. The molecule has 15 heavy (non-hydrogen) atoms. The van der Waals surface area contributed by atoms with Crippen molar-refractivity contribution in [2.45, 2.75) is 12.8 Å². The second kappa shape index (κ2) is 4.23. The SMILES string of the molecule is NCCc1ccc(N2N=CCC2=O)cc1. The minimum absolute atomic E-state index is 0.0153. The zero-order chi connectivity index (χ0) is 10.7. The zero-order valence-electron chi connectivity index (χ0n) is 8.39. The third-order valence-electron chi connectivity index (χ3n) is 2.31. The van der Waals surface area contributed by atoms with Gasteiger partial charge in [0.2, 0.25) is 0 Å². The molecule has 0 aromatic heterocycles. The normalized spacial score (nSPS) is 15.0. The lowest BCUT2D eigenvalue weighted by atomic mass is 10.1. The minimum atomic E-state index is 0.0153. The third kappa shape index (κ3) is 2.05. The van der Waals surface area contributed by atoms with Gasteiger partial charge in [-0.1, -0.05) is 12.1 Å². The van der Waals surface area contributed by atoms with E-state index in [1.54, 1.807) is 6.21 Å². The first-order valence-electron chi connectivity index (χ1n) is 4.95. The molecule has 1 amide bonds. The molecule has 4 heteroatoms. The lowest BCUT2D eigenvalue weighted by molar-refractivity contribution is -0.116. The van der Waals surface area contributed by atoms with Gasteiger partial charge in [0.15, 0.2) is 0 Å². The van der Waals surface area contributed by atoms with E-state index in [0.717, 1.165) is 12.1 Å². The number of nitrogens with zero attached hydrogens (tertiary/aromatic N) is 2. The summed E-state index contributed by atoms with van der Waals surface area (Å²) in [6.45, 7) is 0.639. The fourth-order valence-corrected chi connectivity index (χ4v) is 1.53. The average Bonchev–Trinajstić information content (AvgIpc) is 2.66. The van der Waals surface area contributed by atoms with Crippen molar-refractivity contribution in [2.24, 2.45) is 10.8 Å². The second-order valence-corrected chi connectivity index (χ2v) is 3.41. The summed E-state index contributed by atoms with van der Waals surface area (Å²) in [6.07, 6.45) is 2.87. The van der Waals surface area contributed by atoms with Crippen LogP contribution in [0, 0.1) is 0 Å².